The van der Waals surface area contributed by atoms with Gasteiger partial charge in [-0.25, -0.2) is 0 Å². The highest BCUT2D eigenvalue weighted by molar-refractivity contribution is 7.99. The summed E-state index contributed by atoms with van der Waals surface area (Å²) in [6.45, 7) is 2.06. The Morgan fingerprint density at radius 2 is 2.25 bits per heavy atom. The van der Waals surface area contributed by atoms with Gasteiger partial charge in [-0.2, -0.15) is 11.8 Å². The van der Waals surface area contributed by atoms with Crippen LogP contribution in [0, 0.1) is 6.92 Å². The molecule has 0 radical (unpaired) electrons. The van der Waals surface area contributed by atoms with E-state index in [1.807, 2.05) is 35.8 Å². The number of nitrogens with two attached hydrogens (primary N) is 1. The van der Waals surface area contributed by atoms with Crippen molar-refractivity contribution in [2.75, 3.05) is 24.3 Å². The van der Waals surface area contributed by atoms with Gasteiger partial charge in [0.1, 0.15) is 4.88 Å². The molecule has 1 unspecified atom stereocenters. The highest BCUT2D eigenvalue weighted by atomic mass is 32.2. The molecule has 1 aromatic carbocycles. The van der Waals surface area contributed by atoms with Gasteiger partial charge in [0.15, 0.2) is 0 Å². The van der Waals surface area contributed by atoms with E-state index in [1.165, 1.54) is 16.9 Å². The van der Waals surface area contributed by atoms with Gasteiger partial charge in [0.05, 0.1) is 5.69 Å². The number of rotatable bonds is 2. The van der Waals surface area contributed by atoms with E-state index >= 15 is 0 Å². The summed E-state index contributed by atoms with van der Waals surface area (Å²) in [5.74, 6) is 2.24. The van der Waals surface area contributed by atoms with Gasteiger partial charge in [-0.3, -0.25) is 4.79 Å². The number of carbonyl (C=O) groups excluding carboxylic acids is 1. The van der Waals surface area contributed by atoms with Crippen molar-refractivity contribution in [1.82, 2.24) is 4.90 Å². The number of hydrogen-bond donors (Lipinski definition) is 1. The molecule has 1 aliphatic rings. The van der Waals surface area contributed by atoms with Crippen LogP contribution in [0.25, 0.3) is 10.1 Å². The Morgan fingerprint density at radius 1 is 1.45 bits per heavy atom. The lowest BCUT2D eigenvalue weighted by atomic mass is 10.1. The molecule has 0 spiro atoms. The van der Waals surface area contributed by atoms with Crippen molar-refractivity contribution >= 4 is 44.8 Å². The molecule has 1 saturated heterocycles. The van der Waals surface area contributed by atoms with E-state index in [0.29, 0.717) is 16.6 Å². The number of fused-ring (bicyclic) bond motifs is 1. The fraction of sp³-hybridized carbons (Fsp3) is 0.400. The minimum absolute atomic E-state index is 0.0654. The predicted molar refractivity (Wildman–Crippen MR) is 88.8 cm³/mol. The summed E-state index contributed by atoms with van der Waals surface area (Å²) in [6.07, 6.45) is 1.08. The maximum atomic E-state index is 12.7. The van der Waals surface area contributed by atoms with Crippen LogP contribution in [0.5, 0.6) is 0 Å². The standard InChI is InChI=1S/C15H18N2OS2/c1-9-4-3-5-11-12(16)14(20-13(9)11)15(18)17(2)10-6-7-19-8-10/h3-5,10H,6-8,16H2,1-2H3. The number of aryl methyl sites for hydroxylation is 1. The third kappa shape index (κ3) is 2.19. The topological polar surface area (TPSA) is 46.3 Å². The quantitative estimate of drug-likeness (QED) is 0.925. The van der Waals surface area contributed by atoms with Crippen molar-refractivity contribution < 1.29 is 4.79 Å². The average molecular weight is 306 g/mol. The lowest BCUT2D eigenvalue weighted by Crippen LogP contribution is -2.36. The Balaban J connectivity index is 1.99. The number of thioether (sulfide) groups is 1. The van der Waals surface area contributed by atoms with Crippen LogP contribution in [0.4, 0.5) is 5.69 Å². The second-order valence-electron chi connectivity index (χ2n) is 5.23. The molecule has 0 saturated carbocycles. The summed E-state index contributed by atoms with van der Waals surface area (Å²) < 4.78 is 1.13. The Bertz CT molecular complexity index is 659. The van der Waals surface area contributed by atoms with Gasteiger partial charge in [-0.05, 0) is 24.7 Å². The van der Waals surface area contributed by atoms with Gasteiger partial charge < -0.3 is 10.6 Å². The third-order valence-electron chi connectivity index (χ3n) is 3.92. The minimum atomic E-state index is 0.0654. The SMILES string of the molecule is Cc1cccc2c(N)c(C(=O)N(C)C3CCSC3)sc12. The summed E-state index contributed by atoms with van der Waals surface area (Å²) in [5, 5.41) is 1.01. The fourth-order valence-corrected chi connectivity index (χ4v) is 5.03. The van der Waals surface area contributed by atoms with E-state index in [9.17, 15) is 4.79 Å². The summed E-state index contributed by atoms with van der Waals surface area (Å²) in [7, 11) is 1.90. The number of carbonyl (C=O) groups is 1. The second-order valence-corrected chi connectivity index (χ2v) is 7.40. The van der Waals surface area contributed by atoms with Crippen LogP contribution < -0.4 is 5.73 Å². The zero-order chi connectivity index (χ0) is 14.3. The molecule has 0 aliphatic carbocycles. The molecule has 20 heavy (non-hydrogen) atoms. The first-order valence-electron chi connectivity index (χ1n) is 6.72. The van der Waals surface area contributed by atoms with Crippen LogP contribution in [0.1, 0.15) is 21.7 Å². The van der Waals surface area contributed by atoms with Crippen LogP contribution in [0.2, 0.25) is 0 Å². The second kappa shape index (κ2) is 5.30. The Morgan fingerprint density at radius 3 is 2.90 bits per heavy atom. The average Bonchev–Trinajstić information content (AvgIpc) is 3.07. The lowest BCUT2D eigenvalue weighted by molar-refractivity contribution is 0.0754. The van der Waals surface area contributed by atoms with Crippen molar-refractivity contribution in [2.24, 2.45) is 0 Å². The van der Waals surface area contributed by atoms with Crippen LogP contribution in [0.15, 0.2) is 18.2 Å². The summed E-state index contributed by atoms with van der Waals surface area (Å²) in [4.78, 5) is 15.2. The van der Waals surface area contributed by atoms with Gasteiger partial charge >= 0.3 is 0 Å². The molecule has 2 aromatic rings. The number of nitrogen functional groups attached to an aromatic ring is 1. The first-order chi connectivity index (χ1) is 9.59. The Kier molecular flexibility index (Phi) is 3.65. The van der Waals surface area contributed by atoms with E-state index in [1.54, 1.807) is 0 Å². The van der Waals surface area contributed by atoms with Crippen molar-refractivity contribution in [2.45, 2.75) is 19.4 Å². The van der Waals surface area contributed by atoms with Crippen molar-refractivity contribution in [3.05, 3.63) is 28.6 Å². The lowest BCUT2D eigenvalue weighted by Gasteiger charge is -2.23. The molecule has 3 nitrogen and oxygen atoms in total. The van der Waals surface area contributed by atoms with E-state index < -0.39 is 0 Å². The molecule has 3 rings (SSSR count). The van der Waals surface area contributed by atoms with Gasteiger partial charge in [-0.1, -0.05) is 18.2 Å². The molecule has 0 bridgehead atoms. The number of benzene rings is 1. The van der Waals surface area contributed by atoms with Gasteiger partial charge in [-0.15, -0.1) is 11.3 Å². The highest BCUT2D eigenvalue weighted by Gasteiger charge is 2.27. The maximum absolute atomic E-state index is 12.7. The van der Waals surface area contributed by atoms with Crippen molar-refractivity contribution in [3.8, 4) is 0 Å². The first-order valence-corrected chi connectivity index (χ1v) is 8.69. The zero-order valence-electron chi connectivity index (χ0n) is 11.7. The smallest absolute Gasteiger partial charge is 0.266 e. The zero-order valence-corrected chi connectivity index (χ0v) is 13.3. The number of anilines is 1. The summed E-state index contributed by atoms with van der Waals surface area (Å²) in [5.41, 5.74) is 8.02. The van der Waals surface area contributed by atoms with Crippen LogP contribution in [-0.4, -0.2) is 35.4 Å². The van der Waals surface area contributed by atoms with Crippen LogP contribution in [0.3, 0.4) is 0 Å². The van der Waals surface area contributed by atoms with E-state index in [-0.39, 0.29) is 5.91 Å². The third-order valence-corrected chi connectivity index (χ3v) is 6.41. The van der Waals surface area contributed by atoms with E-state index in [0.717, 1.165) is 28.0 Å². The minimum Gasteiger partial charge on any atom is -0.397 e. The maximum Gasteiger partial charge on any atom is 0.266 e. The molecular formula is C15H18N2OS2. The molecule has 2 N–H and O–H groups in total. The molecule has 106 valence electrons. The van der Waals surface area contributed by atoms with E-state index in [4.69, 9.17) is 5.73 Å². The molecule has 5 heteroatoms. The number of nitrogens with zero attached hydrogens (tertiary/aromatic N) is 1. The van der Waals surface area contributed by atoms with Gasteiger partial charge in [0.25, 0.3) is 5.91 Å². The molecular weight excluding hydrogens is 288 g/mol. The monoisotopic (exact) mass is 306 g/mol. The molecule has 1 atom stereocenters. The van der Waals surface area contributed by atoms with Gasteiger partial charge in [0.2, 0.25) is 0 Å². The van der Waals surface area contributed by atoms with Crippen LogP contribution >= 0.6 is 23.1 Å². The summed E-state index contributed by atoms with van der Waals surface area (Å²) in [6, 6.07) is 6.39. The van der Waals surface area contributed by atoms with E-state index in [2.05, 4.69) is 13.0 Å². The number of hydrogen-bond acceptors (Lipinski definition) is 4. The predicted octanol–water partition coefficient (Wildman–Crippen LogP) is 3.37. The molecule has 1 aliphatic heterocycles. The molecule has 2 heterocycles. The molecule has 1 fully saturated rings. The Hall–Kier alpha value is -1.20. The van der Waals surface area contributed by atoms with Gasteiger partial charge in [0, 0.05) is 28.9 Å². The number of amides is 1. The fourth-order valence-electron chi connectivity index (χ4n) is 2.59. The van der Waals surface area contributed by atoms with Crippen molar-refractivity contribution in [3.63, 3.8) is 0 Å². The molecule has 1 aromatic heterocycles. The van der Waals surface area contributed by atoms with Crippen molar-refractivity contribution in [1.29, 1.82) is 0 Å². The normalized spacial score (nSPS) is 18.6. The Labute approximate surface area is 127 Å². The van der Waals surface area contributed by atoms with Crippen LogP contribution in [-0.2, 0) is 0 Å². The largest absolute Gasteiger partial charge is 0.397 e. The first kappa shape index (κ1) is 13.8. The molecule has 1 amide bonds. The summed E-state index contributed by atoms with van der Waals surface area (Å²) >= 11 is 3.44. The number of thiophene rings is 1. The highest BCUT2D eigenvalue weighted by Crippen LogP contribution is 2.36.